The van der Waals surface area contributed by atoms with Crippen molar-refractivity contribution in [2.75, 3.05) is 13.1 Å². The van der Waals surface area contributed by atoms with E-state index in [1.807, 2.05) is 38.1 Å². The molecule has 1 aromatic carbocycles. The van der Waals surface area contributed by atoms with E-state index in [9.17, 15) is 4.79 Å². The second-order valence-corrected chi connectivity index (χ2v) is 5.43. The summed E-state index contributed by atoms with van der Waals surface area (Å²) in [6.07, 6.45) is 0. The van der Waals surface area contributed by atoms with Crippen molar-refractivity contribution >= 4 is 29.9 Å². The van der Waals surface area contributed by atoms with Crippen LogP contribution in [-0.4, -0.2) is 19.0 Å². The van der Waals surface area contributed by atoms with Crippen LogP contribution in [0.15, 0.2) is 24.3 Å². The Balaban J connectivity index is 0.00000180. The number of rotatable bonds is 4. The molecule has 3 nitrogen and oxygen atoms in total. The molecule has 0 spiro atoms. The van der Waals surface area contributed by atoms with Gasteiger partial charge in [0.15, 0.2) is 0 Å². The molecule has 2 unspecified atom stereocenters. The third-order valence-corrected chi connectivity index (χ3v) is 3.88. The second-order valence-electron chi connectivity index (χ2n) is 4.99. The van der Waals surface area contributed by atoms with E-state index in [0.717, 1.165) is 18.7 Å². The molecule has 2 N–H and O–H groups in total. The number of benzene rings is 1. The molecular formula is C14H20Cl2N2O. The van der Waals surface area contributed by atoms with Gasteiger partial charge in [-0.3, -0.25) is 4.79 Å². The van der Waals surface area contributed by atoms with Gasteiger partial charge in [0.2, 0.25) is 5.91 Å². The molecule has 0 bridgehead atoms. The Morgan fingerprint density at radius 3 is 2.63 bits per heavy atom. The normalized spacial score (nSPS) is 17.8. The van der Waals surface area contributed by atoms with E-state index < -0.39 is 0 Å². The van der Waals surface area contributed by atoms with Gasteiger partial charge in [-0.15, -0.1) is 12.4 Å². The predicted octanol–water partition coefficient (Wildman–Crippen LogP) is 2.79. The average molecular weight is 303 g/mol. The van der Waals surface area contributed by atoms with Gasteiger partial charge in [-0.05, 0) is 43.6 Å². The Morgan fingerprint density at radius 2 is 2.11 bits per heavy atom. The number of carbonyl (C=O) groups is 1. The SMILES string of the molecule is CC(NC(=O)C(C)C1CNC1)c1cccc(Cl)c1.Cl. The molecule has 5 heteroatoms. The summed E-state index contributed by atoms with van der Waals surface area (Å²) in [6, 6.07) is 7.60. The van der Waals surface area contributed by atoms with Crippen LogP contribution in [0.4, 0.5) is 0 Å². The average Bonchev–Trinajstić information content (AvgIpc) is 2.26. The first-order valence-corrected chi connectivity index (χ1v) is 6.72. The first kappa shape index (κ1) is 16.3. The molecule has 2 rings (SSSR count). The maximum absolute atomic E-state index is 12.1. The third-order valence-electron chi connectivity index (χ3n) is 3.64. The molecule has 0 saturated carbocycles. The van der Waals surface area contributed by atoms with E-state index in [-0.39, 0.29) is 30.3 Å². The lowest BCUT2D eigenvalue weighted by Crippen LogP contribution is -2.49. The van der Waals surface area contributed by atoms with Crippen LogP contribution in [-0.2, 0) is 4.79 Å². The molecule has 0 radical (unpaired) electrons. The van der Waals surface area contributed by atoms with Crippen molar-refractivity contribution in [3.8, 4) is 0 Å². The van der Waals surface area contributed by atoms with Gasteiger partial charge in [-0.1, -0.05) is 30.7 Å². The Morgan fingerprint density at radius 1 is 1.42 bits per heavy atom. The number of amides is 1. The number of hydrogen-bond acceptors (Lipinski definition) is 2. The summed E-state index contributed by atoms with van der Waals surface area (Å²) in [5, 5.41) is 6.94. The van der Waals surface area contributed by atoms with Gasteiger partial charge in [-0.2, -0.15) is 0 Å². The number of carbonyl (C=O) groups excluding carboxylic acids is 1. The van der Waals surface area contributed by atoms with Crippen molar-refractivity contribution in [2.24, 2.45) is 11.8 Å². The summed E-state index contributed by atoms with van der Waals surface area (Å²) >= 11 is 5.95. The predicted molar refractivity (Wildman–Crippen MR) is 80.8 cm³/mol. The van der Waals surface area contributed by atoms with Gasteiger partial charge in [0, 0.05) is 10.9 Å². The van der Waals surface area contributed by atoms with Crippen LogP contribution < -0.4 is 10.6 Å². The first-order chi connectivity index (χ1) is 8.58. The highest BCUT2D eigenvalue weighted by atomic mass is 35.5. The lowest BCUT2D eigenvalue weighted by Gasteiger charge is -2.32. The lowest BCUT2D eigenvalue weighted by atomic mass is 9.88. The summed E-state index contributed by atoms with van der Waals surface area (Å²) in [7, 11) is 0. The van der Waals surface area contributed by atoms with Crippen molar-refractivity contribution in [1.82, 2.24) is 10.6 Å². The quantitative estimate of drug-likeness (QED) is 0.898. The summed E-state index contributed by atoms with van der Waals surface area (Å²) in [5.74, 6) is 0.651. The topological polar surface area (TPSA) is 41.1 Å². The fourth-order valence-corrected chi connectivity index (χ4v) is 2.28. The molecule has 0 aromatic heterocycles. The van der Waals surface area contributed by atoms with Gasteiger partial charge in [0.1, 0.15) is 0 Å². The Hall–Kier alpha value is -0.770. The van der Waals surface area contributed by atoms with Crippen molar-refractivity contribution in [3.63, 3.8) is 0 Å². The highest BCUT2D eigenvalue weighted by Crippen LogP contribution is 2.20. The minimum absolute atomic E-state index is 0. The maximum Gasteiger partial charge on any atom is 0.223 e. The fraction of sp³-hybridized carbons (Fsp3) is 0.500. The fourth-order valence-electron chi connectivity index (χ4n) is 2.08. The zero-order valence-corrected chi connectivity index (χ0v) is 12.7. The van der Waals surface area contributed by atoms with Crippen LogP contribution in [0.1, 0.15) is 25.5 Å². The second kappa shape index (κ2) is 7.13. The summed E-state index contributed by atoms with van der Waals surface area (Å²) in [6.45, 7) is 5.86. The molecule has 1 fully saturated rings. The summed E-state index contributed by atoms with van der Waals surface area (Å²) in [4.78, 5) is 12.1. The zero-order chi connectivity index (χ0) is 13.1. The van der Waals surface area contributed by atoms with Crippen LogP contribution in [0.3, 0.4) is 0 Å². The van der Waals surface area contributed by atoms with Gasteiger partial charge in [0.05, 0.1) is 6.04 Å². The zero-order valence-electron chi connectivity index (χ0n) is 11.2. The number of halogens is 2. The molecule has 2 atom stereocenters. The van der Waals surface area contributed by atoms with Crippen LogP contribution in [0.2, 0.25) is 5.02 Å². The molecule has 1 saturated heterocycles. The molecule has 1 aromatic rings. The smallest absolute Gasteiger partial charge is 0.223 e. The molecule has 106 valence electrons. The minimum Gasteiger partial charge on any atom is -0.349 e. The first-order valence-electron chi connectivity index (χ1n) is 6.34. The standard InChI is InChI=1S/C14H19ClN2O.ClH/c1-9(12-7-16-8-12)14(18)17-10(2)11-4-3-5-13(15)6-11;/h3-6,9-10,12,16H,7-8H2,1-2H3,(H,17,18);1H. The van der Waals surface area contributed by atoms with E-state index in [1.54, 1.807) is 0 Å². The van der Waals surface area contributed by atoms with Crippen LogP contribution >= 0.6 is 24.0 Å². The Bertz CT molecular complexity index is 435. The van der Waals surface area contributed by atoms with Gasteiger partial charge >= 0.3 is 0 Å². The van der Waals surface area contributed by atoms with E-state index in [4.69, 9.17) is 11.6 Å². The molecular weight excluding hydrogens is 283 g/mol. The van der Waals surface area contributed by atoms with Crippen LogP contribution in [0.25, 0.3) is 0 Å². The van der Waals surface area contributed by atoms with Crippen LogP contribution in [0, 0.1) is 11.8 Å². The maximum atomic E-state index is 12.1. The van der Waals surface area contributed by atoms with Crippen LogP contribution in [0.5, 0.6) is 0 Å². The van der Waals surface area contributed by atoms with Crippen molar-refractivity contribution in [2.45, 2.75) is 19.9 Å². The molecule has 1 aliphatic heterocycles. The number of nitrogens with one attached hydrogen (secondary N) is 2. The number of hydrogen-bond donors (Lipinski definition) is 2. The van der Waals surface area contributed by atoms with Gasteiger partial charge in [0.25, 0.3) is 0 Å². The monoisotopic (exact) mass is 302 g/mol. The molecule has 19 heavy (non-hydrogen) atoms. The van der Waals surface area contributed by atoms with Crippen molar-refractivity contribution in [3.05, 3.63) is 34.9 Å². The highest BCUT2D eigenvalue weighted by Gasteiger charge is 2.29. The van der Waals surface area contributed by atoms with Crippen molar-refractivity contribution < 1.29 is 4.79 Å². The molecule has 0 aliphatic carbocycles. The lowest BCUT2D eigenvalue weighted by molar-refractivity contribution is -0.127. The van der Waals surface area contributed by atoms with E-state index in [2.05, 4.69) is 10.6 Å². The summed E-state index contributed by atoms with van der Waals surface area (Å²) in [5.41, 5.74) is 1.04. The van der Waals surface area contributed by atoms with E-state index in [0.29, 0.717) is 10.9 Å². The molecule has 1 heterocycles. The van der Waals surface area contributed by atoms with E-state index in [1.165, 1.54) is 0 Å². The Kier molecular flexibility index (Phi) is 6.11. The largest absolute Gasteiger partial charge is 0.349 e. The summed E-state index contributed by atoms with van der Waals surface area (Å²) < 4.78 is 0. The Labute approximate surface area is 125 Å². The third kappa shape index (κ3) is 4.10. The highest BCUT2D eigenvalue weighted by molar-refractivity contribution is 6.30. The van der Waals surface area contributed by atoms with E-state index >= 15 is 0 Å². The van der Waals surface area contributed by atoms with Gasteiger partial charge < -0.3 is 10.6 Å². The van der Waals surface area contributed by atoms with Gasteiger partial charge in [-0.25, -0.2) is 0 Å². The van der Waals surface area contributed by atoms with Crippen molar-refractivity contribution in [1.29, 1.82) is 0 Å². The minimum atomic E-state index is -0.00770. The molecule has 1 amide bonds. The molecule has 1 aliphatic rings.